The number of hydrogen-bond donors (Lipinski definition) is 5. The van der Waals surface area contributed by atoms with Crippen molar-refractivity contribution in [3.63, 3.8) is 0 Å². The molecular weight excluding hydrogens is 757 g/mol. The summed E-state index contributed by atoms with van der Waals surface area (Å²) in [5.74, 6) is -2.44. The van der Waals surface area contributed by atoms with Crippen molar-refractivity contribution < 1.29 is 38.7 Å². The molecule has 16 heteroatoms. The summed E-state index contributed by atoms with van der Waals surface area (Å²) in [5.41, 5.74) is 2.60. The van der Waals surface area contributed by atoms with Crippen LogP contribution < -0.4 is 21.3 Å². The van der Waals surface area contributed by atoms with Gasteiger partial charge in [0.25, 0.3) is 0 Å². The van der Waals surface area contributed by atoms with Crippen molar-refractivity contribution in [1.82, 2.24) is 35.6 Å². The highest BCUT2D eigenvalue weighted by Gasteiger charge is 2.63. The van der Waals surface area contributed by atoms with Gasteiger partial charge >= 0.3 is 6.03 Å². The number of amides is 7. The van der Waals surface area contributed by atoms with Crippen LogP contribution in [-0.4, -0.2) is 148 Å². The van der Waals surface area contributed by atoms with Crippen molar-refractivity contribution in [2.75, 3.05) is 51.7 Å². The van der Waals surface area contributed by atoms with Gasteiger partial charge in [0.05, 0.1) is 6.61 Å². The van der Waals surface area contributed by atoms with Gasteiger partial charge in [0.1, 0.15) is 35.7 Å². The van der Waals surface area contributed by atoms with E-state index in [-0.39, 0.29) is 43.7 Å². The maximum Gasteiger partial charge on any atom is 0.319 e. The highest BCUT2D eigenvalue weighted by atomic mass is 16.3. The number of carbonyl (C=O) groups is 7. The van der Waals surface area contributed by atoms with Crippen molar-refractivity contribution in [2.24, 2.45) is 5.92 Å². The molecule has 1 spiro atoms. The fourth-order valence-corrected chi connectivity index (χ4v) is 8.77. The summed E-state index contributed by atoms with van der Waals surface area (Å²) < 4.78 is 0. The molecule has 4 aliphatic rings. The van der Waals surface area contributed by atoms with Crippen molar-refractivity contribution in [3.8, 4) is 0 Å². The summed E-state index contributed by atoms with van der Waals surface area (Å²) in [6, 6.07) is 8.78. The van der Waals surface area contributed by atoms with E-state index in [2.05, 4.69) is 21.3 Å². The molecule has 5 N–H and O–H groups in total. The van der Waals surface area contributed by atoms with E-state index in [0.717, 1.165) is 23.1 Å². The number of likely N-dealkylation sites (tertiary alicyclic amines) is 2. The number of rotatable bonds is 13. The lowest BCUT2D eigenvalue weighted by Crippen LogP contribution is -2.65. The number of aliphatic hydroxyl groups excluding tert-OH is 1. The molecule has 3 aliphatic heterocycles. The number of Topliss-reactive ketones (excluding diaryl/α,β-unsaturated/α-hetero) is 1. The van der Waals surface area contributed by atoms with Crippen LogP contribution in [0.15, 0.2) is 48.5 Å². The summed E-state index contributed by atoms with van der Waals surface area (Å²) in [4.78, 5) is 102. The van der Waals surface area contributed by atoms with Crippen LogP contribution in [0.2, 0.25) is 0 Å². The molecule has 4 fully saturated rings. The number of aliphatic hydroxyl groups is 1. The minimum Gasteiger partial charge on any atom is -0.394 e. The predicted octanol–water partition coefficient (Wildman–Crippen LogP) is 0.986. The zero-order chi connectivity index (χ0) is 42.6. The smallest absolute Gasteiger partial charge is 0.319 e. The van der Waals surface area contributed by atoms with Crippen molar-refractivity contribution in [1.29, 1.82) is 0 Å². The van der Waals surface area contributed by atoms with Gasteiger partial charge in [-0.05, 0) is 75.8 Å². The van der Waals surface area contributed by atoms with E-state index < -0.39 is 72.0 Å². The number of anilines is 1. The second-order valence-corrected chi connectivity index (χ2v) is 16.8. The van der Waals surface area contributed by atoms with Gasteiger partial charge in [-0.2, -0.15) is 0 Å². The number of urea groups is 1. The first-order valence-electron chi connectivity index (χ1n) is 20.7. The Morgan fingerprint density at radius 2 is 1.61 bits per heavy atom. The Kier molecular flexibility index (Phi) is 13.4. The van der Waals surface area contributed by atoms with Crippen LogP contribution in [-0.2, 0) is 41.6 Å². The molecule has 2 aromatic carbocycles. The molecule has 59 heavy (non-hydrogen) atoms. The fourth-order valence-electron chi connectivity index (χ4n) is 8.77. The minimum atomic E-state index is -1.42. The fraction of sp³-hybridized carbons (Fsp3) is 0.558. The third-order valence-corrected chi connectivity index (χ3v) is 12.1. The molecular formula is C43H58N8O8. The second-order valence-electron chi connectivity index (χ2n) is 16.8. The van der Waals surface area contributed by atoms with Gasteiger partial charge in [-0.1, -0.05) is 55.8 Å². The molecule has 0 bridgehead atoms. The van der Waals surface area contributed by atoms with Crippen LogP contribution in [0, 0.1) is 12.8 Å². The van der Waals surface area contributed by atoms with Gasteiger partial charge in [-0.25, -0.2) is 4.79 Å². The van der Waals surface area contributed by atoms with E-state index in [1.54, 1.807) is 24.0 Å². The molecule has 0 unspecified atom stereocenters. The maximum atomic E-state index is 14.3. The number of hydrogen-bond acceptors (Lipinski definition) is 9. The van der Waals surface area contributed by atoms with Gasteiger partial charge in [0, 0.05) is 51.3 Å². The van der Waals surface area contributed by atoms with E-state index in [4.69, 9.17) is 0 Å². The lowest BCUT2D eigenvalue weighted by atomic mass is 10.0. The third-order valence-electron chi connectivity index (χ3n) is 12.1. The predicted molar refractivity (Wildman–Crippen MR) is 219 cm³/mol. The molecule has 3 heterocycles. The number of likely N-dealkylation sites (N-methyl/N-ethyl adjacent to an activating group) is 1. The summed E-state index contributed by atoms with van der Waals surface area (Å²) in [5, 5.41) is 21.4. The summed E-state index contributed by atoms with van der Waals surface area (Å²) in [6.07, 6.45) is 2.67. The Morgan fingerprint density at radius 1 is 0.881 bits per heavy atom. The van der Waals surface area contributed by atoms with Crippen LogP contribution in [0.1, 0.15) is 63.1 Å². The molecule has 7 atom stereocenters. The maximum absolute atomic E-state index is 14.3. The summed E-state index contributed by atoms with van der Waals surface area (Å²) >= 11 is 0. The van der Waals surface area contributed by atoms with Crippen LogP contribution in [0.25, 0.3) is 0 Å². The van der Waals surface area contributed by atoms with Gasteiger partial charge in [0.2, 0.25) is 29.5 Å². The average Bonchev–Trinajstić information content (AvgIpc) is 3.48. The summed E-state index contributed by atoms with van der Waals surface area (Å²) in [6.45, 7) is 8.26. The first kappa shape index (κ1) is 43.2. The lowest BCUT2D eigenvalue weighted by Gasteiger charge is -2.41. The Hall–Kier alpha value is -5.35. The topological polar surface area (TPSA) is 201 Å². The first-order valence-corrected chi connectivity index (χ1v) is 20.7. The number of nitrogens with one attached hydrogen (secondary N) is 4. The molecule has 3 saturated heterocycles. The van der Waals surface area contributed by atoms with E-state index in [1.807, 2.05) is 69.1 Å². The molecule has 1 aliphatic carbocycles. The quantitative estimate of drug-likeness (QED) is 0.196. The molecule has 6 rings (SSSR count). The first-order chi connectivity index (χ1) is 28.1. The van der Waals surface area contributed by atoms with E-state index in [0.29, 0.717) is 44.5 Å². The molecule has 1 saturated carbocycles. The molecule has 2 aromatic rings. The SMILES string of the molecule is CCc1ccc(NC(=O)N[C@@H](Cc2cccc(C)c2)C(=O)N[C@@H](CO)C(=O)N2CCC[C@H]2C(=O)N2CCN(C)C[C@H]2C(=O)N[C@@H](C)C(=O)N2C[C@H](C)C[C@]23CC3=O)cc1. The highest BCUT2D eigenvalue weighted by Crippen LogP contribution is 2.48. The van der Waals surface area contributed by atoms with Crippen LogP contribution in [0.5, 0.6) is 0 Å². The molecule has 16 nitrogen and oxygen atoms in total. The van der Waals surface area contributed by atoms with E-state index >= 15 is 0 Å². The molecule has 0 radical (unpaired) electrons. The standard InChI is InChI=1S/C43H58N8O8/c1-6-29-12-14-31(15-13-29)45-42(59)47-32(20-30-10-7-9-26(2)19-30)37(54)46-33(25-52)40(57)49-16-8-11-34(49)41(58)50-18-17-48(5)24-35(50)38(55)44-28(4)39(56)51-23-27(3)21-43(51)22-36(43)53/h7,9-10,12-15,19,27-28,32-35,52H,6,8,11,16-18,20-25H2,1-5H3,(H,44,55)(H,46,54)(H2,45,47,59)/t27-,28+,32+,33+,34+,35+,43-/m1/s1. The Bertz CT molecular complexity index is 1940. The van der Waals surface area contributed by atoms with Gasteiger partial charge in [0.15, 0.2) is 5.78 Å². The van der Waals surface area contributed by atoms with Crippen molar-refractivity contribution in [2.45, 2.75) is 102 Å². The average molecular weight is 815 g/mol. The van der Waals surface area contributed by atoms with Crippen molar-refractivity contribution in [3.05, 3.63) is 65.2 Å². The van der Waals surface area contributed by atoms with E-state index in [1.165, 1.54) is 9.80 Å². The Labute approximate surface area is 345 Å². The third kappa shape index (κ3) is 9.76. The van der Waals surface area contributed by atoms with Gasteiger partial charge in [-0.15, -0.1) is 0 Å². The molecule has 7 amide bonds. The normalized spacial score (nSPS) is 24.3. The second kappa shape index (κ2) is 18.3. The highest BCUT2D eigenvalue weighted by molar-refractivity contribution is 6.09. The van der Waals surface area contributed by atoms with Gasteiger partial charge in [-0.3, -0.25) is 28.8 Å². The van der Waals surface area contributed by atoms with Crippen molar-refractivity contribution >= 4 is 47.0 Å². The molecule has 0 aromatic heterocycles. The van der Waals surface area contributed by atoms with Crippen LogP contribution in [0.3, 0.4) is 0 Å². The number of piperazine rings is 1. The summed E-state index contributed by atoms with van der Waals surface area (Å²) in [7, 11) is 1.83. The minimum absolute atomic E-state index is 0.0356. The van der Waals surface area contributed by atoms with E-state index in [9.17, 15) is 38.7 Å². The monoisotopic (exact) mass is 814 g/mol. The van der Waals surface area contributed by atoms with Crippen LogP contribution in [0.4, 0.5) is 10.5 Å². The number of carbonyl (C=O) groups excluding carboxylic acids is 7. The molecule has 318 valence electrons. The Morgan fingerprint density at radius 3 is 2.27 bits per heavy atom. The number of aryl methyl sites for hydroxylation is 2. The number of benzene rings is 2. The van der Waals surface area contributed by atoms with Crippen LogP contribution >= 0.6 is 0 Å². The lowest BCUT2D eigenvalue weighted by molar-refractivity contribution is -0.152. The number of nitrogens with zero attached hydrogens (tertiary/aromatic N) is 4. The largest absolute Gasteiger partial charge is 0.394 e. The number of ketones is 1. The van der Waals surface area contributed by atoms with Gasteiger partial charge < -0.3 is 46.0 Å². The Balaban J connectivity index is 1.12. The zero-order valence-corrected chi connectivity index (χ0v) is 34.7. The zero-order valence-electron chi connectivity index (χ0n) is 34.7.